The summed E-state index contributed by atoms with van der Waals surface area (Å²) in [6.45, 7) is 3.69. The van der Waals surface area contributed by atoms with E-state index in [2.05, 4.69) is 23.2 Å². The molecule has 0 bridgehead atoms. The number of hydrogen-bond acceptors (Lipinski definition) is 3. The molecule has 6 nitrogen and oxygen atoms in total. The van der Waals surface area contributed by atoms with Gasteiger partial charge in [0.2, 0.25) is 5.91 Å². The van der Waals surface area contributed by atoms with Crippen LogP contribution in [0.1, 0.15) is 23.3 Å². The number of nitrogens with zero attached hydrogens (tertiary/aromatic N) is 2. The van der Waals surface area contributed by atoms with Gasteiger partial charge in [-0.05, 0) is 35.7 Å². The first-order valence-corrected chi connectivity index (χ1v) is 10.4. The highest BCUT2D eigenvalue weighted by atomic mass is 16.5. The number of carbonyl (C=O) groups is 2. The number of carbonyl (C=O) groups excluding carboxylic acids is 2. The summed E-state index contributed by atoms with van der Waals surface area (Å²) in [5.41, 5.74) is 1.56. The van der Waals surface area contributed by atoms with Gasteiger partial charge in [0, 0.05) is 37.1 Å². The van der Waals surface area contributed by atoms with Crippen molar-refractivity contribution in [3.05, 3.63) is 48.2 Å². The molecule has 2 aromatic carbocycles. The summed E-state index contributed by atoms with van der Waals surface area (Å²) >= 11 is 0. The summed E-state index contributed by atoms with van der Waals surface area (Å²) in [6, 6.07) is 14.2. The highest BCUT2D eigenvalue weighted by Crippen LogP contribution is 2.27. The molecule has 0 spiro atoms. The van der Waals surface area contributed by atoms with Crippen molar-refractivity contribution in [3.63, 3.8) is 0 Å². The molecule has 6 heteroatoms. The Morgan fingerprint density at radius 1 is 0.966 bits per heavy atom. The molecule has 0 saturated carbocycles. The lowest BCUT2D eigenvalue weighted by molar-refractivity contribution is -0.141. The zero-order valence-electron chi connectivity index (χ0n) is 16.4. The maximum absolute atomic E-state index is 13.2. The number of H-pyrrole nitrogens is 1. The second-order valence-corrected chi connectivity index (χ2v) is 7.96. The Morgan fingerprint density at radius 2 is 1.79 bits per heavy atom. The maximum Gasteiger partial charge on any atom is 0.270 e. The van der Waals surface area contributed by atoms with Gasteiger partial charge in [0.1, 0.15) is 5.69 Å². The molecule has 150 valence electrons. The highest BCUT2D eigenvalue weighted by molar-refractivity contribution is 6.09. The number of hydrogen-bond donors (Lipinski definition) is 1. The van der Waals surface area contributed by atoms with E-state index < -0.39 is 0 Å². The number of piperidine rings is 1. The number of benzene rings is 2. The van der Waals surface area contributed by atoms with E-state index in [4.69, 9.17) is 4.74 Å². The normalized spacial score (nSPS) is 20.3. The molecule has 29 heavy (non-hydrogen) atoms. The summed E-state index contributed by atoms with van der Waals surface area (Å²) in [6.07, 6.45) is 1.70. The molecule has 2 saturated heterocycles. The number of amides is 2. The molecule has 2 fully saturated rings. The number of aromatic amines is 1. The van der Waals surface area contributed by atoms with E-state index in [0.29, 0.717) is 45.1 Å². The van der Waals surface area contributed by atoms with Crippen LogP contribution in [0.25, 0.3) is 21.7 Å². The Morgan fingerprint density at radius 3 is 2.66 bits per heavy atom. The molecule has 2 amide bonds. The molecule has 1 aromatic heterocycles. The van der Waals surface area contributed by atoms with Gasteiger partial charge < -0.3 is 19.5 Å². The summed E-state index contributed by atoms with van der Waals surface area (Å²) in [5.74, 6) is 0.0224. The fraction of sp³-hybridized carbons (Fsp3) is 0.391. The van der Waals surface area contributed by atoms with E-state index in [1.165, 1.54) is 0 Å². The van der Waals surface area contributed by atoms with E-state index >= 15 is 0 Å². The minimum atomic E-state index is -0.115. The van der Waals surface area contributed by atoms with Crippen LogP contribution < -0.4 is 0 Å². The summed E-state index contributed by atoms with van der Waals surface area (Å²) in [7, 11) is 0. The van der Waals surface area contributed by atoms with Gasteiger partial charge >= 0.3 is 0 Å². The van der Waals surface area contributed by atoms with Crippen LogP contribution >= 0.6 is 0 Å². The van der Waals surface area contributed by atoms with Crippen molar-refractivity contribution in [2.45, 2.75) is 12.8 Å². The van der Waals surface area contributed by atoms with Crippen molar-refractivity contribution in [3.8, 4) is 0 Å². The minimum absolute atomic E-state index is 0.0234. The highest BCUT2D eigenvalue weighted by Gasteiger charge is 2.32. The predicted molar refractivity (Wildman–Crippen MR) is 112 cm³/mol. The summed E-state index contributed by atoms with van der Waals surface area (Å²) in [4.78, 5) is 33.1. The van der Waals surface area contributed by atoms with Crippen LogP contribution in [0.15, 0.2) is 42.5 Å². The van der Waals surface area contributed by atoms with E-state index in [1.807, 2.05) is 34.1 Å². The molecule has 0 aliphatic carbocycles. The number of morpholine rings is 1. The smallest absolute Gasteiger partial charge is 0.270 e. The molecular formula is C23H25N3O3. The molecule has 1 unspecified atom stereocenters. The van der Waals surface area contributed by atoms with Gasteiger partial charge in [-0.25, -0.2) is 0 Å². The van der Waals surface area contributed by atoms with Crippen LogP contribution in [0.4, 0.5) is 0 Å². The number of nitrogens with one attached hydrogen (secondary N) is 1. The van der Waals surface area contributed by atoms with E-state index in [0.717, 1.165) is 34.5 Å². The summed E-state index contributed by atoms with van der Waals surface area (Å²) < 4.78 is 5.35. The Balaban J connectivity index is 1.37. The number of likely N-dealkylation sites (tertiary alicyclic amines) is 1. The standard InChI is InChI=1S/C23H25N3O3/c27-22(25-10-12-29-13-11-25)17-5-3-9-26(15-17)23(28)21-14-19-18-6-2-1-4-16(18)7-8-20(19)24-21/h1-2,4,6-8,14,17,24H,3,5,9-13,15H2. The lowest BCUT2D eigenvalue weighted by Gasteiger charge is -2.36. The van der Waals surface area contributed by atoms with Gasteiger partial charge in [-0.3, -0.25) is 9.59 Å². The molecule has 1 N–H and O–H groups in total. The third kappa shape index (κ3) is 3.38. The first-order valence-electron chi connectivity index (χ1n) is 10.4. The Labute approximate surface area is 169 Å². The van der Waals surface area contributed by atoms with Crippen LogP contribution in [-0.2, 0) is 9.53 Å². The molecule has 0 radical (unpaired) electrons. The van der Waals surface area contributed by atoms with Crippen LogP contribution in [0.5, 0.6) is 0 Å². The zero-order valence-corrected chi connectivity index (χ0v) is 16.4. The topological polar surface area (TPSA) is 65.6 Å². The first-order chi connectivity index (χ1) is 14.2. The second kappa shape index (κ2) is 7.52. The van der Waals surface area contributed by atoms with Gasteiger partial charge in [0.05, 0.1) is 19.1 Å². The third-order valence-electron chi connectivity index (χ3n) is 6.14. The van der Waals surface area contributed by atoms with Gasteiger partial charge in [-0.15, -0.1) is 0 Å². The van der Waals surface area contributed by atoms with Crippen LogP contribution in [-0.4, -0.2) is 66.0 Å². The average Bonchev–Trinajstić information content (AvgIpc) is 3.24. The van der Waals surface area contributed by atoms with Gasteiger partial charge in [-0.1, -0.05) is 30.3 Å². The fourth-order valence-electron chi connectivity index (χ4n) is 4.58. The number of fused-ring (bicyclic) bond motifs is 3. The Hall–Kier alpha value is -2.86. The monoisotopic (exact) mass is 391 g/mol. The molecule has 2 aliphatic heterocycles. The van der Waals surface area contributed by atoms with Crippen molar-refractivity contribution in [1.29, 1.82) is 0 Å². The number of ether oxygens (including phenoxy) is 1. The minimum Gasteiger partial charge on any atom is -0.378 e. The molecular weight excluding hydrogens is 366 g/mol. The quantitative estimate of drug-likeness (QED) is 0.730. The van der Waals surface area contributed by atoms with E-state index in [-0.39, 0.29) is 17.7 Å². The Kier molecular flexibility index (Phi) is 4.72. The Bertz CT molecular complexity index is 1070. The van der Waals surface area contributed by atoms with E-state index in [1.54, 1.807) is 0 Å². The number of rotatable bonds is 2. The van der Waals surface area contributed by atoms with Gasteiger partial charge in [0.25, 0.3) is 5.91 Å². The maximum atomic E-state index is 13.2. The fourth-order valence-corrected chi connectivity index (χ4v) is 4.58. The van der Waals surface area contributed by atoms with Gasteiger partial charge in [0.15, 0.2) is 0 Å². The zero-order chi connectivity index (χ0) is 19.8. The molecule has 3 heterocycles. The molecule has 5 rings (SSSR count). The summed E-state index contributed by atoms with van der Waals surface area (Å²) in [5, 5.41) is 3.36. The van der Waals surface area contributed by atoms with Crippen LogP contribution in [0, 0.1) is 5.92 Å². The number of aromatic nitrogens is 1. The van der Waals surface area contributed by atoms with Crippen LogP contribution in [0.3, 0.4) is 0 Å². The third-order valence-corrected chi connectivity index (χ3v) is 6.14. The second-order valence-electron chi connectivity index (χ2n) is 7.96. The SMILES string of the molecule is O=C(c1cc2c(ccc3ccccc32)[nH]1)N1CCCC(C(=O)N2CCOCC2)C1. The van der Waals surface area contributed by atoms with Crippen molar-refractivity contribution < 1.29 is 14.3 Å². The molecule has 3 aromatic rings. The van der Waals surface area contributed by atoms with E-state index in [9.17, 15) is 9.59 Å². The van der Waals surface area contributed by atoms with Crippen molar-refractivity contribution in [1.82, 2.24) is 14.8 Å². The van der Waals surface area contributed by atoms with Crippen LogP contribution in [0.2, 0.25) is 0 Å². The average molecular weight is 391 g/mol. The lowest BCUT2D eigenvalue weighted by atomic mass is 9.96. The van der Waals surface area contributed by atoms with Crippen molar-refractivity contribution in [2.75, 3.05) is 39.4 Å². The van der Waals surface area contributed by atoms with Crippen molar-refractivity contribution >= 4 is 33.5 Å². The van der Waals surface area contributed by atoms with Crippen molar-refractivity contribution in [2.24, 2.45) is 5.92 Å². The molecule has 2 aliphatic rings. The first kappa shape index (κ1) is 18.2. The molecule has 1 atom stereocenters. The largest absolute Gasteiger partial charge is 0.378 e. The predicted octanol–water partition coefficient (Wildman–Crippen LogP) is 3.03. The lowest BCUT2D eigenvalue weighted by Crippen LogP contribution is -2.49. The van der Waals surface area contributed by atoms with Gasteiger partial charge in [-0.2, -0.15) is 0 Å².